The molecule has 3 aliphatic rings. The van der Waals surface area contributed by atoms with Gasteiger partial charge in [0.05, 0.1) is 40.7 Å². The van der Waals surface area contributed by atoms with Gasteiger partial charge < -0.3 is 47.2 Å². The molecule has 0 aliphatic heterocycles. The minimum Gasteiger partial charge on any atom is -0.508 e. The summed E-state index contributed by atoms with van der Waals surface area (Å²) in [5.74, 6) is -10.6. The number of ketones is 2. The number of rotatable bonds is 4. The van der Waals surface area contributed by atoms with Crippen molar-refractivity contribution in [2.24, 2.45) is 29.2 Å². The molecule has 14 heteroatoms. The number of nitrogens with two attached hydrogens (primary N) is 2. The van der Waals surface area contributed by atoms with Crippen molar-refractivity contribution in [1.29, 1.82) is 0 Å². The third kappa shape index (κ3) is 4.57. The molecule has 11 N–H and O–H groups in total. The summed E-state index contributed by atoms with van der Waals surface area (Å²) in [6.07, 6.45) is -1.87. The number of aliphatic hydroxyl groups is 5. The zero-order valence-electron chi connectivity index (χ0n) is 23.1. The number of amides is 1. The molecule has 1 aromatic carbocycles. The fraction of sp³-hybridized carbons (Fsp3) is 0.481. The molecule has 0 aromatic heterocycles. The summed E-state index contributed by atoms with van der Waals surface area (Å²) >= 11 is 0. The fourth-order valence-corrected chi connectivity index (χ4v) is 5.88. The van der Waals surface area contributed by atoms with Crippen LogP contribution in [-0.4, -0.2) is 102 Å². The van der Waals surface area contributed by atoms with Crippen LogP contribution >= 0.6 is 0 Å². The number of nitrogens with zero attached hydrogens (tertiary/aromatic N) is 1. The average molecular weight is 578 g/mol. The van der Waals surface area contributed by atoms with Gasteiger partial charge in [-0.3, -0.25) is 24.1 Å². The SMILES string of the molecule is CC(C)[C@H](N)C(=O)O.CN(C)[C@@H]1C(=O)C(C(N)=O)=C(O)[C@@]2(O)C(=O)C3=C(O)c4c(O)cccc4[C@@](C)(O)[C@H]3[C@H](O)[C@@H]12. The van der Waals surface area contributed by atoms with Gasteiger partial charge in [-0.15, -0.1) is 0 Å². The number of Topliss-reactive ketones (excluding diaryl/α,β-unsaturated/α-hetero) is 2. The number of carboxylic acid groups (broad SMARTS) is 1. The van der Waals surface area contributed by atoms with E-state index in [1.54, 1.807) is 13.8 Å². The standard InChI is InChI=1S/C22H24N2O9.C5H11NO2/c1-21(32)7-5-4-6-8(25)9(7)15(26)10-12(21)17(28)13-14(24(2)3)16(27)11(20(23)31)19(30)22(13,33)18(10)29;1-3(2)4(6)5(7)8/h4-6,12-14,17,25-26,28,30,32-33H,1-3H3,(H2,23,31);3-4H,6H2,1-2H3,(H,7,8)/t12-,13-,14+,17+,21-,22+;4-/m10/s1. The van der Waals surface area contributed by atoms with E-state index in [1.807, 2.05) is 0 Å². The van der Waals surface area contributed by atoms with Crippen LogP contribution in [0, 0.1) is 17.8 Å². The zero-order valence-corrected chi connectivity index (χ0v) is 23.1. The Morgan fingerprint density at radius 3 is 2.07 bits per heavy atom. The highest BCUT2D eigenvalue weighted by Gasteiger charge is 2.70. The number of phenols is 1. The van der Waals surface area contributed by atoms with Crippen LogP contribution < -0.4 is 11.5 Å². The van der Waals surface area contributed by atoms with E-state index in [4.69, 9.17) is 16.6 Å². The van der Waals surface area contributed by atoms with Crippen molar-refractivity contribution in [2.75, 3.05) is 14.1 Å². The van der Waals surface area contributed by atoms with Crippen molar-refractivity contribution in [3.63, 3.8) is 0 Å². The molecule has 1 amide bonds. The summed E-state index contributed by atoms with van der Waals surface area (Å²) in [4.78, 5) is 49.9. The van der Waals surface area contributed by atoms with Crippen molar-refractivity contribution < 1.29 is 54.9 Å². The molecule has 0 radical (unpaired) electrons. The lowest BCUT2D eigenvalue weighted by Crippen LogP contribution is -2.71. The Labute approximate surface area is 234 Å². The molecule has 1 aromatic rings. The zero-order chi connectivity index (χ0) is 31.5. The Hall–Kier alpha value is -3.82. The number of hydrogen-bond acceptors (Lipinski definition) is 12. The molecule has 1 fully saturated rings. The van der Waals surface area contributed by atoms with E-state index >= 15 is 0 Å². The molecule has 0 spiro atoms. The molecule has 0 bridgehead atoms. The van der Waals surface area contributed by atoms with Gasteiger partial charge in [0.25, 0.3) is 5.91 Å². The molecule has 0 saturated heterocycles. The van der Waals surface area contributed by atoms with Crippen LogP contribution in [-0.2, 0) is 24.8 Å². The Bertz CT molecular complexity index is 1380. The Morgan fingerprint density at radius 1 is 1.07 bits per heavy atom. The number of benzene rings is 1. The monoisotopic (exact) mass is 577 g/mol. The van der Waals surface area contributed by atoms with Crippen LogP contribution in [0.2, 0.25) is 0 Å². The lowest BCUT2D eigenvalue weighted by atomic mass is 9.53. The molecule has 0 unspecified atom stereocenters. The van der Waals surface area contributed by atoms with Gasteiger partial charge in [-0.25, -0.2) is 0 Å². The third-order valence-electron chi connectivity index (χ3n) is 8.04. The van der Waals surface area contributed by atoms with Crippen molar-refractivity contribution in [3.05, 3.63) is 46.2 Å². The second kappa shape index (κ2) is 10.5. The lowest BCUT2D eigenvalue weighted by Gasteiger charge is -2.55. The first-order chi connectivity index (χ1) is 18.8. The van der Waals surface area contributed by atoms with Crippen LogP contribution in [0.4, 0.5) is 0 Å². The topological polar surface area (TPSA) is 265 Å². The van der Waals surface area contributed by atoms with E-state index in [0.29, 0.717) is 0 Å². The first-order valence-corrected chi connectivity index (χ1v) is 12.6. The van der Waals surface area contributed by atoms with Crippen LogP contribution in [0.3, 0.4) is 0 Å². The number of likely N-dealkylation sites (N-methyl/N-ethyl adjacent to an activating group) is 1. The van der Waals surface area contributed by atoms with Gasteiger partial charge in [0, 0.05) is 0 Å². The fourth-order valence-electron chi connectivity index (χ4n) is 5.88. The van der Waals surface area contributed by atoms with Crippen molar-refractivity contribution in [1.82, 2.24) is 4.90 Å². The molecular formula is C27H35N3O11. The number of aliphatic carboxylic acids is 1. The molecule has 41 heavy (non-hydrogen) atoms. The van der Waals surface area contributed by atoms with Gasteiger partial charge in [-0.1, -0.05) is 26.0 Å². The molecule has 0 heterocycles. The van der Waals surface area contributed by atoms with Crippen molar-refractivity contribution in [3.8, 4) is 5.75 Å². The van der Waals surface area contributed by atoms with Gasteiger partial charge in [0.2, 0.25) is 5.78 Å². The van der Waals surface area contributed by atoms with Gasteiger partial charge in [0.1, 0.15) is 28.9 Å². The summed E-state index contributed by atoms with van der Waals surface area (Å²) in [5, 5.41) is 74.6. The number of hydrogen-bond donors (Lipinski definition) is 9. The molecule has 4 rings (SSSR count). The number of fused-ring (bicyclic) bond motifs is 3. The maximum atomic E-state index is 13.7. The Morgan fingerprint density at radius 2 is 1.63 bits per heavy atom. The van der Waals surface area contributed by atoms with Crippen LogP contribution in [0.1, 0.15) is 31.9 Å². The van der Waals surface area contributed by atoms with E-state index in [2.05, 4.69) is 0 Å². The van der Waals surface area contributed by atoms with Gasteiger partial charge in [-0.2, -0.15) is 0 Å². The van der Waals surface area contributed by atoms with E-state index in [1.165, 1.54) is 44.1 Å². The molecule has 7 atom stereocenters. The maximum absolute atomic E-state index is 13.7. The maximum Gasteiger partial charge on any atom is 0.320 e. The molecule has 14 nitrogen and oxygen atoms in total. The molecule has 224 valence electrons. The normalized spacial score (nSPS) is 31.7. The predicted octanol–water partition coefficient (Wildman–Crippen LogP) is -1.35. The van der Waals surface area contributed by atoms with Gasteiger partial charge >= 0.3 is 5.97 Å². The number of carboxylic acids is 1. The average Bonchev–Trinajstić information content (AvgIpc) is 2.85. The highest BCUT2D eigenvalue weighted by Crippen LogP contribution is 2.57. The summed E-state index contributed by atoms with van der Waals surface area (Å²) < 4.78 is 0. The minimum atomic E-state index is -3.02. The van der Waals surface area contributed by atoms with E-state index in [0.717, 1.165) is 0 Å². The second-order valence-electron chi connectivity index (χ2n) is 11.2. The molecule has 1 saturated carbocycles. The van der Waals surface area contributed by atoms with Gasteiger partial charge in [-0.05, 0) is 38.6 Å². The first kappa shape index (κ1) is 31.7. The minimum absolute atomic E-state index is 0.00664. The number of carbonyl (C=O) groups is 4. The number of phenolic OH excluding ortho intramolecular Hbond substituents is 1. The lowest BCUT2D eigenvalue weighted by molar-refractivity contribution is -0.181. The molecule has 3 aliphatic carbocycles. The second-order valence-corrected chi connectivity index (χ2v) is 11.2. The summed E-state index contributed by atoms with van der Waals surface area (Å²) in [6.45, 7) is 4.81. The van der Waals surface area contributed by atoms with Crippen molar-refractivity contribution >= 4 is 29.2 Å². The van der Waals surface area contributed by atoms with Gasteiger partial charge in [0.15, 0.2) is 11.4 Å². The van der Waals surface area contributed by atoms with Crippen LogP contribution in [0.5, 0.6) is 5.75 Å². The summed E-state index contributed by atoms with van der Waals surface area (Å²) in [5.41, 5.74) is 3.38. The number of carbonyl (C=O) groups excluding carboxylic acids is 3. The largest absolute Gasteiger partial charge is 0.508 e. The van der Waals surface area contributed by atoms with Crippen LogP contribution in [0.15, 0.2) is 35.1 Å². The Kier molecular flexibility index (Phi) is 8.15. The highest BCUT2D eigenvalue weighted by atomic mass is 16.4. The predicted molar refractivity (Wildman–Crippen MR) is 142 cm³/mol. The molecular weight excluding hydrogens is 542 g/mol. The van der Waals surface area contributed by atoms with E-state index < -0.39 is 93.1 Å². The number of aromatic hydroxyl groups is 1. The quantitative estimate of drug-likeness (QED) is 0.188. The smallest absolute Gasteiger partial charge is 0.320 e. The highest BCUT2D eigenvalue weighted by molar-refractivity contribution is 6.24. The first-order valence-electron chi connectivity index (χ1n) is 12.6. The number of aliphatic hydroxyl groups excluding tert-OH is 3. The van der Waals surface area contributed by atoms with Crippen LogP contribution in [0.25, 0.3) is 5.76 Å². The summed E-state index contributed by atoms with van der Waals surface area (Å²) in [6, 6.07) is 1.79. The van der Waals surface area contributed by atoms with E-state index in [-0.39, 0.29) is 17.0 Å². The number of primary amides is 1. The van der Waals surface area contributed by atoms with Crippen molar-refractivity contribution in [2.45, 2.75) is 50.2 Å². The summed E-state index contributed by atoms with van der Waals surface area (Å²) in [7, 11) is 2.80. The third-order valence-corrected chi connectivity index (χ3v) is 8.04. The van der Waals surface area contributed by atoms with E-state index in [9.17, 15) is 49.8 Å². The Balaban J connectivity index is 0.000000507.